The number of fused-ring (bicyclic) bond motifs is 1. The molecule has 1 aliphatic carbocycles. The number of imidazole rings is 1. The number of hydrogen-bond donors (Lipinski definition) is 1. The summed E-state index contributed by atoms with van der Waals surface area (Å²) in [5.74, 6) is 1.43. The van der Waals surface area contributed by atoms with Gasteiger partial charge in [0.15, 0.2) is 0 Å². The van der Waals surface area contributed by atoms with Crippen molar-refractivity contribution < 1.29 is 4.74 Å². The largest absolute Gasteiger partial charge is 0.497 e. The lowest BCUT2D eigenvalue weighted by molar-refractivity contribution is 0.415. The highest BCUT2D eigenvalue weighted by atomic mass is 32.2. The number of hydrogen-bond acceptors (Lipinski definition) is 4. The smallest absolute Gasteiger partial charge is 0.201 e. The molecule has 1 fully saturated rings. The first kappa shape index (κ1) is 13.6. The molecule has 0 spiro atoms. The first-order chi connectivity index (χ1) is 9.67. The van der Waals surface area contributed by atoms with E-state index in [1.165, 1.54) is 25.7 Å². The molecule has 20 heavy (non-hydrogen) atoms. The molecule has 1 saturated carbocycles. The Bertz CT molecular complexity index is 617. The highest BCUT2D eigenvalue weighted by molar-refractivity contribution is 8.00. The lowest BCUT2D eigenvalue weighted by Crippen LogP contribution is -2.27. The summed E-state index contributed by atoms with van der Waals surface area (Å²) < 4.78 is 7.74. The predicted octanol–water partition coefficient (Wildman–Crippen LogP) is 3.30. The first-order valence-corrected chi connectivity index (χ1v) is 8.25. The summed E-state index contributed by atoms with van der Waals surface area (Å²) in [4.78, 5) is 4.48. The van der Waals surface area contributed by atoms with Gasteiger partial charge in [-0.3, -0.25) is 0 Å². The van der Waals surface area contributed by atoms with Crippen LogP contribution in [0, 0.1) is 0 Å². The summed E-state index contributed by atoms with van der Waals surface area (Å²) in [6.07, 6.45) is 7.39. The molecule has 1 aliphatic rings. The van der Waals surface area contributed by atoms with Gasteiger partial charge >= 0.3 is 0 Å². The van der Waals surface area contributed by atoms with Crippen molar-refractivity contribution in [2.24, 2.45) is 0 Å². The summed E-state index contributed by atoms with van der Waals surface area (Å²) in [6, 6.07) is 5.98. The van der Waals surface area contributed by atoms with E-state index in [2.05, 4.69) is 21.9 Å². The monoisotopic (exact) mass is 291 g/mol. The molecular formula is C15H21N3OS. The van der Waals surface area contributed by atoms with E-state index in [4.69, 9.17) is 10.5 Å². The minimum atomic E-state index is 0.321. The second kappa shape index (κ2) is 5.20. The van der Waals surface area contributed by atoms with Crippen LogP contribution in [-0.2, 0) is 6.54 Å². The van der Waals surface area contributed by atoms with Crippen molar-refractivity contribution in [3.05, 3.63) is 18.2 Å². The quantitative estimate of drug-likeness (QED) is 0.939. The molecule has 0 unspecified atom stereocenters. The van der Waals surface area contributed by atoms with Gasteiger partial charge in [-0.05, 0) is 31.2 Å². The lowest BCUT2D eigenvalue weighted by Gasteiger charge is -2.27. The average molecular weight is 291 g/mol. The minimum absolute atomic E-state index is 0.321. The van der Waals surface area contributed by atoms with Crippen molar-refractivity contribution >= 4 is 28.7 Å². The van der Waals surface area contributed by atoms with Gasteiger partial charge in [0.1, 0.15) is 5.75 Å². The van der Waals surface area contributed by atoms with E-state index in [-0.39, 0.29) is 0 Å². The average Bonchev–Trinajstić information content (AvgIpc) is 3.05. The molecule has 3 rings (SSSR count). The number of aromatic nitrogens is 2. The van der Waals surface area contributed by atoms with E-state index >= 15 is 0 Å². The maximum Gasteiger partial charge on any atom is 0.201 e. The van der Waals surface area contributed by atoms with Crippen LogP contribution in [0.25, 0.3) is 11.0 Å². The van der Waals surface area contributed by atoms with E-state index in [9.17, 15) is 0 Å². The Labute approximate surface area is 123 Å². The van der Waals surface area contributed by atoms with Gasteiger partial charge in [0.2, 0.25) is 5.95 Å². The molecule has 0 radical (unpaired) electrons. The number of ether oxygens (including phenoxy) is 1. The zero-order valence-electron chi connectivity index (χ0n) is 12.1. The molecule has 2 aromatic rings. The van der Waals surface area contributed by atoms with Crippen molar-refractivity contribution in [3.8, 4) is 5.75 Å². The van der Waals surface area contributed by atoms with Crippen LogP contribution < -0.4 is 10.5 Å². The molecule has 0 aliphatic heterocycles. The van der Waals surface area contributed by atoms with Crippen LogP contribution in [0.1, 0.15) is 25.7 Å². The molecule has 1 aromatic carbocycles. The van der Waals surface area contributed by atoms with E-state index in [0.717, 1.165) is 23.3 Å². The number of nitrogen functional groups attached to an aromatic ring is 1. The van der Waals surface area contributed by atoms with Gasteiger partial charge in [0.05, 0.1) is 18.1 Å². The molecule has 4 nitrogen and oxygen atoms in total. The van der Waals surface area contributed by atoms with Gasteiger partial charge in [-0.1, -0.05) is 12.8 Å². The SMILES string of the molecule is COc1ccc2c(c1)nc(N)n2CC1(SC)CCCC1. The van der Waals surface area contributed by atoms with Crippen LogP contribution in [0.3, 0.4) is 0 Å². The fourth-order valence-corrected chi connectivity index (χ4v) is 4.11. The van der Waals surface area contributed by atoms with E-state index in [1.54, 1.807) is 7.11 Å². The number of methoxy groups -OCH3 is 1. The summed E-state index contributed by atoms with van der Waals surface area (Å²) in [7, 11) is 1.67. The molecule has 0 atom stereocenters. The Hall–Kier alpha value is -1.36. The van der Waals surface area contributed by atoms with Crippen molar-refractivity contribution in [2.45, 2.75) is 37.0 Å². The zero-order chi connectivity index (χ0) is 14.2. The Kier molecular flexibility index (Phi) is 3.54. The van der Waals surface area contributed by atoms with Gasteiger partial charge in [-0.2, -0.15) is 11.8 Å². The van der Waals surface area contributed by atoms with Crippen LogP contribution in [0.5, 0.6) is 5.75 Å². The second-order valence-electron chi connectivity index (χ2n) is 5.51. The fourth-order valence-electron chi connectivity index (χ4n) is 3.16. The first-order valence-electron chi connectivity index (χ1n) is 7.02. The standard InChI is InChI=1S/C15H21N3OS/c1-19-11-5-6-13-12(9-11)17-14(16)18(13)10-15(20-2)7-3-4-8-15/h5-6,9H,3-4,7-8,10H2,1-2H3,(H2,16,17). The van der Waals surface area contributed by atoms with Gasteiger partial charge in [-0.15, -0.1) is 0 Å². The maximum atomic E-state index is 6.14. The summed E-state index contributed by atoms with van der Waals surface area (Å²) in [5, 5.41) is 0. The van der Waals surface area contributed by atoms with E-state index in [0.29, 0.717) is 10.7 Å². The van der Waals surface area contributed by atoms with E-state index in [1.807, 2.05) is 23.9 Å². The van der Waals surface area contributed by atoms with Crippen molar-refractivity contribution in [3.63, 3.8) is 0 Å². The minimum Gasteiger partial charge on any atom is -0.497 e. The molecule has 2 N–H and O–H groups in total. The molecular weight excluding hydrogens is 270 g/mol. The highest BCUT2D eigenvalue weighted by Gasteiger charge is 2.34. The topological polar surface area (TPSA) is 53.1 Å². The molecule has 5 heteroatoms. The van der Waals surface area contributed by atoms with Crippen LogP contribution in [0.15, 0.2) is 18.2 Å². The highest BCUT2D eigenvalue weighted by Crippen LogP contribution is 2.42. The van der Waals surface area contributed by atoms with Crippen LogP contribution in [-0.4, -0.2) is 27.7 Å². The van der Waals surface area contributed by atoms with Gasteiger partial charge in [0, 0.05) is 17.4 Å². The Morgan fingerprint density at radius 1 is 1.40 bits per heavy atom. The fraction of sp³-hybridized carbons (Fsp3) is 0.533. The predicted molar refractivity (Wildman–Crippen MR) is 85.4 cm³/mol. The molecule has 1 heterocycles. The Morgan fingerprint density at radius 3 is 2.80 bits per heavy atom. The van der Waals surface area contributed by atoms with Crippen LogP contribution >= 0.6 is 11.8 Å². The van der Waals surface area contributed by atoms with Gasteiger partial charge in [0.25, 0.3) is 0 Å². The third-order valence-corrected chi connectivity index (χ3v) is 5.78. The summed E-state index contributed by atoms with van der Waals surface area (Å²) >= 11 is 1.97. The van der Waals surface area contributed by atoms with Gasteiger partial charge < -0.3 is 15.0 Å². The molecule has 0 amide bonds. The molecule has 0 saturated heterocycles. The zero-order valence-corrected chi connectivity index (χ0v) is 12.9. The maximum absolute atomic E-state index is 6.14. The van der Waals surface area contributed by atoms with Crippen molar-refractivity contribution in [2.75, 3.05) is 19.1 Å². The second-order valence-corrected chi connectivity index (χ2v) is 6.78. The molecule has 108 valence electrons. The number of benzene rings is 1. The number of anilines is 1. The lowest BCUT2D eigenvalue weighted by atomic mass is 10.1. The van der Waals surface area contributed by atoms with Gasteiger partial charge in [-0.25, -0.2) is 4.98 Å². The molecule has 1 aromatic heterocycles. The van der Waals surface area contributed by atoms with Crippen LogP contribution in [0.2, 0.25) is 0 Å². The van der Waals surface area contributed by atoms with Crippen molar-refractivity contribution in [1.82, 2.24) is 9.55 Å². The number of rotatable bonds is 4. The Morgan fingerprint density at radius 2 is 2.15 bits per heavy atom. The normalized spacial score (nSPS) is 17.7. The summed E-state index contributed by atoms with van der Waals surface area (Å²) in [6.45, 7) is 0.947. The number of nitrogens with two attached hydrogens (primary N) is 1. The van der Waals surface area contributed by atoms with E-state index < -0.39 is 0 Å². The number of nitrogens with zero attached hydrogens (tertiary/aromatic N) is 2. The number of thioether (sulfide) groups is 1. The Balaban J connectivity index is 2.00. The van der Waals surface area contributed by atoms with Crippen molar-refractivity contribution in [1.29, 1.82) is 0 Å². The summed E-state index contributed by atoms with van der Waals surface area (Å²) in [5.41, 5.74) is 8.15. The third-order valence-electron chi connectivity index (χ3n) is 4.38. The molecule has 0 bridgehead atoms. The van der Waals surface area contributed by atoms with Crippen LogP contribution in [0.4, 0.5) is 5.95 Å². The third kappa shape index (κ3) is 2.24.